The minimum Gasteiger partial charge on any atom is -0.508 e. The predicted molar refractivity (Wildman–Crippen MR) is 54.3 cm³/mol. The third-order valence-corrected chi connectivity index (χ3v) is 2.25. The zero-order valence-corrected chi connectivity index (χ0v) is 8.53. The number of phenolic OH excluding ortho intramolecular Hbond substituents is 1. The average Bonchev–Trinajstić information content (AvgIpc) is 2.20. The first-order chi connectivity index (χ1) is 6.69. The van der Waals surface area contributed by atoms with E-state index in [2.05, 4.69) is 0 Å². The van der Waals surface area contributed by atoms with Crippen LogP contribution in [0.2, 0.25) is 0 Å². The van der Waals surface area contributed by atoms with Gasteiger partial charge < -0.3 is 14.9 Å². The van der Waals surface area contributed by atoms with Crippen molar-refractivity contribution in [2.24, 2.45) is 0 Å². The topological polar surface area (TPSA) is 49.7 Å². The summed E-state index contributed by atoms with van der Waals surface area (Å²) >= 11 is 0. The van der Waals surface area contributed by atoms with Crippen molar-refractivity contribution in [1.29, 1.82) is 0 Å². The summed E-state index contributed by atoms with van der Waals surface area (Å²) in [5, 5.41) is 18.6. The molecule has 0 amide bonds. The first kappa shape index (κ1) is 11.0. The summed E-state index contributed by atoms with van der Waals surface area (Å²) in [6, 6.07) is 5.39. The van der Waals surface area contributed by atoms with Crippen molar-refractivity contribution in [1.82, 2.24) is 0 Å². The van der Waals surface area contributed by atoms with Crippen LogP contribution in [0.25, 0.3) is 0 Å². The second-order valence-electron chi connectivity index (χ2n) is 3.40. The van der Waals surface area contributed by atoms with Crippen molar-refractivity contribution in [3.05, 3.63) is 29.3 Å². The lowest BCUT2D eigenvalue weighted by molar-refractivity contribution is 0.182. The highest BCUT2D eigenvalue weighted by molar-refractivity contribution is 5.37. The molecule has 0 aromatic heterocycles. The van der Waals surface area contributed by atoms with Crippen LogP contribution < -0.4 is 0 Å². The molecule has 1 rings (SSSR count). The lowest BCUT2D eigenvalue weighted by atomic mass is 10.0. The number of aromatic hydroxyl groups is 1. The van der Waals surface area contributed by atoms with E-state index < -0.39 is 0 Å². The number of methoxy groups -OCH3 is 1. The maximum absolute atomic E-state index is 9.61. The summed E-state index contributed by atoms with van der Waals surface area (Å²) in [6.45, 7) is 2.40. The van der Waals surface area contributed by atoms with Gasteiger partial charge in [-0.1, -0.05) is 19.1 Å². The molecule has 3 nitrogen and oxygen atoms in total. The highest BCUT2D eigenvalue weighted by atomic mass is 16.5. The molecule has 0 bridgehead atoms. The van der Waals surface area contributed by atoms with Crippen LogP contribution in [0.15, 0.2) is 18.2 Å². The molecule has 0 aliphatic heterocycles. The van der Waals surface area contributed by atoms with Gasteiger partial charge in [0.25, 0.3) is 0 Å². The van der Waals surface area contributed by atoms with Gasteiger partial charge in [0.2, 0.25) is 0 Å². The fourth-order valence-electron chi connectivity index (χ4n) is 1.27. The fraction of sp³-hybridized carbons (Fsp3) is 0.455. The van der Waals surface area contributed by atoms with Crippen molar-refractivity contribution < 1.29 is 14.9 Å². The Morgan fingerprint density at radius 3 is 2.64 bits per heavy atom. The summed E-state index contributed by atoms with van der Waals surface area (Å²) < 4.78 is 4.93. The van der Waals surface area contributed by atoms with E-state index in [9.17, 15) is 5.11 Å². The van der Waals surface area contributed by atoms with E-state index in [0.29, 0.717) is 6.61 Å². The van der Waals surface area contributed by atoms with Gasteiger partial charge >= 0.3 is 0 Å². The minimum absolute atomic E-state index is 0.0532. The Labute approximate surface area is 84.0 Å². The quantitative estimate of drug-likeness (QED) is 0.769. The average molecular weight is 196 g/mol. The van der Waals surface area contributed by atoms with Crippen molar-refractivity contribution in [3.8, 4) is 5.75 Å². The van der Waals surface area contributed by atoms with E-state index in [1.807, 2.05) is 19.1 Å². The van der Waals surface area contributed by atoms with Crippen LogP contribution in [0.5, 0.6) is 5.75 Å². The lowest BCUT2D eigenvalue weighted by Crippen LogP contribution is -1.99. The van der Waals surface area contributed by atoms with Gasteiger partial charge in [-0.15, -0.1) is 0 Å². The molecule has 78 valence electrons. The third kappa shape index (κ3) is 2.47. The Morgan fingerprint density at radius 2 is 2.14 bits per heavy atom. The molecule has 1 atom stereocenters. The van der Waals surface area contributed by atoms with Gasteiger partial charge in [0, 0.05) is 25.2 Å². The van der Waals surface area contributed by atoms with Gasteiger partial charge in [-0.2, -0.15) is 0 Å². The number of aliphatic hydroxyl groups excluding tert-OH is 1. The number of hydrogen-bond donors (Lipinski definition) is 2. The SMILES string of the molecule is COCc1ccc(C(C)CO)cc1O. The molecular weight excluding hydrogens is 180 g/mol. The van der Waals surface area contributed by atoms with Crippen molar-refractivity contribution in [2.75, 3.05) is 13.7 Å². The zero-order valence-electron chi connectivity index (χ0n) is 8.53. The van der Waals surface area contributed by atoms with Gasteiger partial charge in [0.15, 0.2) is 0 Å². The molecule has 0 saturated heterocycles. The van der Waals surface area contributed by atoms with Crippen LogP contribution in [0.1, 0.15) is 24.0 Å². The molecule has 2 N–H and O–H groups in total. The molecule has 0 fully saturated rings. The smallest absolute Gasteiger partial charge is 0.121 e. The monoisotopic (exact) mass is 196 g/mol. The van der Waals surface area contributed by atoms with E-state index in [1.54, 1.807) is 13.2 Å². The molecule has 14 heavy (non-hydrogen) atoms. The number of rotatable bonds is 4. The minimum atomic E-state index is 0.0532. The number of hydrogen-bond acceptors (Lipinski definition) is 3. The van der Waals surface area contributed by atoms with Crippen LogP contribution in [0.4, 0.5) is 0 Å². The summed E-state index contributed by atoms with van der Waals surface area (Å²) in [5.41, 5.74) is 1.70. The Kier molecular flexibility index (Phi) is 3.92. The maximum Gasteiger partial charge on any atom is 0.121 e. The van der Waals surface area contributed by atoms with E-state index in [4.69, 9.17) is 9.84 Å². The first-order valence-corrected chi connectivity index (χ1v) is 4.60. The van der Waals surface area contributed by atoms with Gasteiger partial charge in [-0.05, 0) is 11.6 Å². The molecule has 0 aliphatic rings. The predicted octanol–water partition coefficient (Wildman–Crippen LogP) is 1.63. The number of benzene rings is 1. The van der Waals surface area contributed by atoms with Gasteiger partial charge in [0.1, 0.15) is 5.75 Å². The third-order valence-electron chi connectivity index (χ3n) is 2.25. The summed E-state index contributed by atoms with van der Waals surface area (Å²) in [6.07, 6.45) is 0. The first-order valence-electron chi connectivity index (χ1n) is 4.60. The largest absolute Gasteiger partial charge is 0.508 e. The molecule has 0 heterocycles. The second-order valence-corrected chi connectivity index (χ2v) is 3.40. The van der Waals surface area contributed by atoms with Crippen LogP contribution in [0, 0.1) is 0 Å². The normalized spacial score (nSPS) is 12.8. The van der Waals surface area contributed by atoms with Crippen molar-refractivity contribution in [3.63, 3.8) is 0 Å². The van der Waals surface area contributed by atoms with Crippen LogP contribution >= 0.6 is 0 Å². The maximum atomic E-state index is 9.61. The van der Waals surface area contributed by atoms with E-state index in [-0.39, 0.29) is 18.3 Å². The van der Waals surface area contributed by atoms with Gasteiger partial charge in [-0.3, -0.25) is 0 Å². The number of ether oxygens (including phenoxy) is 1. The Balaban J connectivity index is 2.88. The van der Waals surface area contributed by atoms with Crippen LogP contribution in [0.3, 0.4) is 0 Å². The molecular formula is C11H16O3. The molecule has 1 aromatic carbocycles. The van der Waals surface area contributed by atoms with Crippen molar-refractivity contribution in [2.45, 2.75) is 19.4 Å². The van der Waals surface area contributed by atoms with E-state index >= 15 is 0 Å². The standard InChI is InChI=1S/C11H16O3/c1-8(6-12)9-3-4-10(7-14-2)11(13)5-9/h3-5,8,12-13H,6-7H2,1-2H3. The Morgan fingerprint density at radius 1 is 1.43 bits per heavy atom. The molecule has 1 unspecified atom stereocenters. The van der Waals surface area contributed by atoms with Crippen molar-refractivity contribution >= 4 is 0 Å². The molecule has 0 aliphatic carbocycles. The molecule has 0 radical (unpaired) electrons. The Hall–Kier alpha value is -1.06. The molecule has 0 spiro atoms. The summed E-state index contributed by atoms with van der Waals surface area (Å²) in [7, 11) is 1.59. The lowest BCUT2D eigenvalue weighted by Gasteiger charge is -2.10. The highest BCUT2D eigenvalue weighted by Gasteiger charge is 2.07. The van der Waals surface area contributed by atoms with Gasteiger partial charge in [-0.25, -0.2) is 0 Å². The Bertz CT molecular complexity index is 297. The number of phenols is 1. The molecule has 0 saturated carbocycles. The van der Waals surface area contributed by atoms with Gasteiger partial charge in [0.05, 0.1) is 6.61 Å². The van der Waals surface area contributed by atoms with Crippen LogP contribution in [-0.4, -0.2) is 23.9 Å². The molecule has 1 aromatic rings. The summed E-state index contributed by atoms with van der Waals surface area (Å²) in [4.78, 5) is 0. The fourth-order valence-corrected chi connectivity index (χ4v) is 1.27. The van der Waals surface area contributed by atoms with E-state index in [1.165, 1.54) is 0 Å². The van der Waals surface area contributed by atoms with Crippen LogP contribution in [-0.2, 0) is 11.3 Å². The zero-order chi connectivity index (χ0) is 10.6. The number of aliphatic hydroxyl groups is 1. The van der Waals surface area contributed by atoms with E-state index in [0.717, 1.165) is 11.1 Å². The second kappa shape index (κ2) is 4.98. The summed E-state index contributed by atoms with van der Waals surface area (Å²) in [5.74, 6) is 0.280. The highest BCUT2D eigenvalue weighted by Crippen LogP contribution is 2.24. The molecule has 3 heteroatoms.